The third-order valence-corrected chi connectivity index (χ3v) is 5.38. The molecule has 0 spiro atoms. The van der Waals surface area contributed by atoms with Crippen molar-refractivity contribution in [3.05, 3.63) is 60.3 Å². The van der Waals surface area contributed by atoms with E-state index in [2.05, 4.69) is 20.2 Å². The molecule has 0 aliphatic carbocycles. The van der Waals surface area contributed by atoms with E-state index < -0.39 is 0 Å². The Labute approximate surface area is 161 Å². The van der Waals surface area contributed by atoms with Crippen LogP contribution in [-0.2, 0) is 17.8 Å². The predicted molar refractivity (Wildman–Crippen MR) is 102 cm³/mol. The van der Waals surface area contributed by atoms with Gasteiger partial charge in [0.1, 0.15) is 5.82 Å². The van der Waals surface area contributed by atoms with Gasteiger partial charge in [0.15, 0.2) is 11.0 Å². The Balaban J connectivity index is 1.54. The number of carbonyl (C=O) groups excluding carboxylic acids is 1. The SMILES string of the molecule is O=C1CCCN1Cc1nnc(SCCc2ccncc2)n1-c1ccccn1. The molecule has 1 fully saturated rings. The van der Waals surface area contributed by atoms with Crippen LogP contribution in [0.1, 0.15) is 24.2 Å². The molecule has 1 amide bonds. The van der Waals surface area contributed by atoms with Gasteiger partial charge in [0.25, 0.3) is 0 Å². The van der Waals surface area contributed by atoms with Gasteiger partial charge in [-0.05, 0) is 42.7 Å². The van der Waals surface area contributed by atoms with Gasteiger partial charge in [-0.2, -0.15) is 0 Å². The largest absolute Gasteiger partial charge is 0.335 e. The predicted octanol–water partition coefficient (Wildman–Crippen LogP) is 2.51. The van der Waals surface area contributed by atoms with Gasteiger partial charge in [0.2, 0.25) is 5.91 Å². The minimum atomic E-state index is 0.178. The fourth-order valence-corrected chi connectivity index (χ4v) is 4.01. The number of hydrogen-bond donors (Lipinski definition) is 0. The molecule has 138 valence electrons. The fraction of sp³-hybridized carbons (Fsp3) is 0.316. The molecule has 0 bridgehead atoms. The Morgan fingerprint density at radius 3 is 2.70 bits per heavy atom. The molecule has 0 atom stereocenters. The van der Waals surface area contributed by atoms with E-state index in [1.54, 1.807) is 18.0 Å². The minimum Gasteiger partial charge on any atom is -0.335 e. The van der Waals surface area contributed by atoms with Crippen molar-refractivity contribution in [3.8, 4) is 5.82 Å². The summed E-state index contributed by atoms with van der Waals surface area (Å²) in [6, 6.07) is 9.81. The number of amides is 1. The van der Waals surface area contributed by atoms with Gasteiger partial charge in [0.05, 0.1) is 6.54 Å². The van der Waals surface area contributed by atoms with Crippen LogP contribution < -0.4 is 0 Å². The molecule has 4 rings (SSSR count). The zero-order valence-corrected chi connectivity index (χ0v) is 15.7. The molecular formula is C19H20N6OS. The molecule has 3 aromatic heterocycles. The third kappa shape index (κ3) is 4.16. The van der Waals surface area contributed by atoms with E-state index in [1.807, 2.05) is 52.2 Å². The Morgan fingerprint density at radius 1 is 1.07 bits per heavy atom. The maximum absolute atomic E-state index is 12.0. The van der Waals surface area contributed by atoms with Crippen molar-refractivity contribution in [1.29, 1.82) is 0 Å². The number of likely N-dealkylation sites (tertiary alicyclic amines) is 1. The first-order chi connectivity index (χ1) is 13.3. The van der Waals surface area contributed by atoms with Gasteiger partial charge in [0, 0.05) is 37.3 Å². The first-order valence-electron chi connectivity index (χ1n) is 8.96. The second-order valence-corrected chi connectivity index (χ2v) is 7.36. The summed E-state index contributed by atoms with van der Waals surface area (Å²) in [5.41, 5.74) is 1.24. The van der Waals surface area contributed by atoms with Crippen molar-refractivity contribution in [1.82, 2.24) is 29.6 Å². The summed E-state index contributed by atoms with van der Waals surface area (Å²) in [4.78, 5) is 22.4. The van der Waals surface area contributed by atoms with Crippen LogP contribution in [0.2, 0.25) is 0 Å². The molecule has 7 nitrogen and oxygen atoms in total. The number of hydrogen-bond acceptors (Lipinski definition) is 6. The summed E-state index contributed by atoms with van der Waals surface area (Å²) in [7, 11) is 0. The first-order valence-corrected chi connectivity index (χ1v) is 9.95. The van der Waals surface area contributed by atoms with Crippen LogP contribution in [0.25, 0.3) is 5.82 Å². The van der Waals surface area contributed by atoms with Crippen molar-refractivity contribution >= 4 is 17.7 Å². The van der Waals surface area contributed by atoms with E-state index in [0.717, 1.165) is 41.9 Å². The lowest BCUT2D eigenvalue weighted by molar-refractivity contribution is -0.128. The average molecular weight is 380 g/mol. The zero-order chi connectivity index (χ0) is 18.5. The molecular weight excluding hydrogens is 360 g/mol. The van der Waals surface area contributed by atoms with Crippen molar-refractivity contribution < 1.29 is 4.79 Å². The van der Waals surface area contributed by atoms with Crippen LogP contribution >= 0.6 is 11.8 Å². The normalized spacial score (nSPS) is 14.1. The summed E-state index contributed by atoms with van der Waals surface area (Å²) >= 11 is 1.64. The van der Waals surface area contributed by atoms with Crippen LogP contribution in [0, 0.1) is 0 Å². The van der Waals surface area contributed by atoms with Gasteiger partial charge < -0.3 is 4.90 Å². The maximum atomic E-state index is 12.0. The zero-order valence-electron chi connectivity index (χ0n) is 14.9. The van der Waals surface area contributed by atoms with E-state index in [4.69, 9.17) is 0 Å². The van der Waals surface area contributed by atoms with Gasteiger partial charge in [-0.15, -0.1) is 10.2 Å². The highest BCUT2D eigenvalue weighted by Gasteiger charge is 2.24. The van der Waals surface area contributed by atoms with Gasteiger partial charge >= 0.3 is 0 Å². The summed E-state index contributed by atoms with van der Waals surface area (Å²) in [5, 5.41) is 9.54. The Hall–Kier alpha value is -2.74. The molecule has 1 aliphatic rings. The van der Waals surface area contributed by atoms with Gasteiger partial charge in [-0.1, -0.05) is 17.8 Å². The van der Waals surface area contributed by atoms with E-state index in [9.17, 15) is 4.79 Å². The van der Waals surface area contributed by atoms with Crippen molar-refractivity contribution in [2.24, 2.45) is 0 Å². The van der Waals surface area contributed by atoms with Crippen LogP contribution in [0.15, 0.2) is 54.1 Å². The van der Waals surface area contributed by atoms with Crippen LogP contribution in [0.5, 0.6) is 0 Å². The van der Waals surface area contributed by atoms with Gasteiger partial charge in [-0.3, -0.25) is 14.3 Å². The van der Waals surface area contributed by atoms with Crippen molar-refractivity contribution in [2.75, 3.05) is 12.3 Å². The second kappa shape index (κ2) is 8.30. The highest BCUT2D eigenvalue weighted by atomic mass is 32.2. The van der Waals surface area contributed by atoms with Crippen molar-refractivity contribution in [2.45, 2.75) is 31.0 Å². The topological polar surface area (TPSA) is 76.8 Å². The number of carbonyl (C=O) groups is 1. The molecule has 0 unspecified atom stereocenters. The van der Waals surface area contributed by atoms with E-state index >= 15 is 0 Å². The first kappa shape index (κ1) is 17.7. The Morgan fingerprint density at radius 2 is 1.96 bits per heavy atom. The Kier molecular flexibility index (Phi) is 5.43. The number of aromatic nitrogens is 5. The molecule has 8 heteroatoms. The fourth-order valence-electron chi connectivity index (χ4n) is 3.06. The lowest BCUT2D eigenvalue weighted by Gasteiger charge is -2.16. The van der Waals surface area contributed by atoms with Crippen molar-refractivity contribution in [3.63, 3.8) is 0 Å². The maximum Gasteiger partial charge on any atom is 0.223 e. The van der Waals surface area contributed by atoms with Crippen LogP contribution in [0.4, 0.5) is 0 Å². The van der Waals surface area contributed by atoms with Crippen LogP contribution in [0.3, 0.4) is 0 Å². The summed E-state index contributed by atoms with van der Waals surface area (Å²) in [6.07, 6.45) is 7.81. The number of pyridine rings is 2. The second-order valence-electron chi connectivity index (χ2n) is 6.29. The van der Waals surface area contributed by atoms with E-state index in [1.165, 1.54) is 5.56 Å². The molecule has 0 N–H and O–H groups in total. The molecule has 1 aliphatic heterocycles. The summed E-state index contributed by atoms with van der Waals surface area (Å²) < 4.78 is 1.96. The molecule has 27 heavy (non-hydrogen) atoms. The Bertz CT molecular complexity index is 899. The quantitative estimate of drug-likeness (QED) is 0.586. The van der Waals surface area contributed by atoms with Crippen LogP contribution in [-0.4, -0.2) is 47.8 Å². The minimum absolute atomic E-state index is 0.178. The number of thioether (sulfide) groups is 1. The number of rotatable bonds is 7. The smallest absolute Gasteiger partial charge is 0.223 e. The average Bonchev–Trinajstić information content (AvgIpc) is 3.30. The lowest BCUT2D eigenvalue weighted by Crippen LogP contribution is -2.25. The molecule has 0 saturated carbocycles. The molecule has 4 heterocycles. The lowest BCUT2D eigenvalue weighted by atomic mass is 10.2. The van der Waals surface area contributed by atoms with E-state index in [0.29, 0.717) is 13.0 Å². The van der Waals surface area contributed by atoms with E-state index in [-0.39, 0.29) is 5.91 Å². The standard InChI is InChI=1S/C19H20N6OS/c26-18-5-3-12-24(18)14-17-22-23-19(25(17)16-4-1-2-9-21-16)27-13-8-15-6-10-20-11-7-15/h1-2,4,6-7,9-11H,3,5,8,12-14H2. The molecule has 3 aromatic rings. The van der Waals surface area contributed by atoms with Gasteiger partial charge in [-0.25, -0.2) is 4.98 Å². The number of aryl methyl sites for hydroxylation is 1. The monoisotopic (exact) mass is 380 g/mol. The molecule has 1 saturated heterocycles. The highest BCUT2D eigenvalue weighted by Crippen LogP contribution is 2.23. The summed E-state index contributed by atoms with van der Waals surface area (Å²) in [6.45, 7) is 1.24. The summed E-state index contributed by atoms with van der Waals surface area (Å²) in [5.74, 6) is 2.57. The highest BCUT2D eigenvalue weighted by molar-refractivity contribution is 7.99. The molecule has 0 radical (unpaired) electrons. The third-order valence-electron chi connectivity index (χ3n) is 4.45. The number of nitrogens with zero attached hydrogens (tertiary/aromatic N) is 6. The molecule has 0 aromatic carbocycles.